The molecule has 0 amide bonds. The van der Waals surface area contributed by atoms with Crippen molar-refractivity contribution in [2.45, 2.75) is 6.92 Å². The number of fused-ring (bicyclic) bond motifs is 1. The van der Waals surface area contributed by atoms with Crippen molar-refractivity contribution in [2.75, 3.05) is 7.11 Å². The first kappa shape index (κ1) is 15.7. The predicted molar refractivity (Wildman–Crippen MR) is 91.9 cm³/mol. The van der Waals surface area contributed by atoms with Gasteiger partial charge in [0.1, 0.15) is 11.5 Å². The summed E-state index contributed by atoms with van der Waals surface area (Å²) in [7, 11) is 1.58. The number of ether oxygens (including phenoxy) is 2. The van der Waals surface area contributed by atoms with Crippen LogP contribution in [-0.2, 0) is 0 Å². The summed E-state index contributed by atoms with van der Waals surface area (Å²) in [5.74, 6) is 0.729. The Morgan fingerprint density at radius 3 is 1.88 bits per heavy atom. The molecule has 0 aliphatic carbocycles. The van der Waals surface area contributed by atoms with Crippen molar-refractivity contribution >= 4 is 22.5 Å². The minimum Gasteiger partial charge on any atom is -0.497 e. The van der Waals surface area contributed by atoms with Crippen molar-refractivity contribution in [3.8, 4) is 11.5 Å². The van der Waals surface area contributed by atoms with Crippen LogP contribution in [0.15, 0.2) is 60.7 Å². The van der Waals surface area contributed by atoms with E-state index in [9.17, 15) is 9.59 Å². The van der Waals surface area contributed by atoms with Crippen LogP contribution in [0.5, 0.6) is 11.5 Å². The van der Waals surface area contributed by atoms with Gasteiger partial charge in [-0.05, 0) is 60.2 Å². The maximum atomic E-state index is 12.3. The van der Waals surface area contributed by atoms with E-state index in [0.717, 1.165) is 10.8 Å². The molecule has 0 bridgehead atoms. The van der Waals surface area contributed by atoms with Crippen LogP contribution >= 0.6 is 0 Å². The van der Waals surface area contributed by atoms with Crippen molar-refractivity contribution in [3.63, 3.8) is 0 Å². The number of rotatable bonds is 4. The molecule has 0 spiro atoms. The van der Waals surface area contributed by atoms with Crippen LogP contribution in [0.3, 0.4) is 0 Å². The summed E-state index contributed by atoms with van der Waals surface area (Å²) in [6, 6.07) is 17.5. The molecule has 120 valence electrons. The van der Waals surface area contributed by atoms with Gasteiger partial charge in [0.05, 0.1) is 12.7 Å². The molecule has 0 aliphatic rings. The zero-order valence-electron chi connectivity index (χ0n) is 13.4. The van der Waals surface area contributed by atoms with Gasteiger partial charge in [-0.25, -0.2) is 4.79 Å². The molecular formula is C20H16O4. The minimum absolute atomic E-state index is 0.0138. The number of methoxy groups -OCH3 is 1. The van der Waals surface area contributed by atoms with Crippen LogP contribution in [0.4, 0.5) is 0 Å². The van der Waals surface area contributed by atoms with Gasteiger partial charge in [-0.3, -0.25) is 4.79 Å². The second-order valence-electron chi connectivity index (χ2n) is 5.40. The summed E-state index contributed by atoms with van der Waals surface area (Å²) < 4.78 is 10.4. The molecule has 0 N–H and O–H groups in total. The van der Waals surface area contributed by atoms with E-state index in [1.165, 1.54) is 6.92 Å². The normalized spacial score (nSPS) is 10.4. The highest BCUT2D eigenvalue weighted by Gasteiger charge is 2.10. The molecule has 4 nitrogen and oxygen atoms in total. The van der Waals surface area contributed by atoms with Crippen molar-refractivity contribution in [1.82, 2.24) is 0 Å². The molecule has 3 aromatic carbocycles. The number of ketones is 1. The van der Waals surface area contributed by atoms with Gasteiger partial charge in [0, 0.05) is 5.56 Å². The molecule has 0 unspecified atom stereocenters. The molecule has 0 aromatic heterocycles. The number of hydrogen-bond acceptors (Lipinski definition) is 4. The molecule has 3 rings (SSSR count). The molecule has 24 heavy (non-hydrogen) atoms. The van der Waals surface area contributed by atoms with Crippen LogP contribution in [0, 0.1) is 0 Å². The second kappa shape index (κ2) is 6.54. The van der Waals surface area contributed by atoms with Gasteiger partial charge in [-0.2, -0.15) is 0 Å². The fourth-order valence-corrected chi connectivity index (χ4v) is 2.40. The molecular weight excluding hydrogens is 304 g/mol. The summed E-state index contributed by atoms with van der Waals surface area (Å²) in [4.78, 5) is 23.7. The number of benzene rings is 3. The quantitative estimate of drug-likeness (QED) is 0.409. The first-order valence-electron chi connectivity index (χ1n) is 7.48. The van der Waals surface area contributed by atoms with E-state index < -0.39 is 5.97 Å². The number of carbonyl (C=O) groups excluding carboxylic acids is 2. The van der Waals surface area contributed by atoms with E-state index in [2.05, 4.69) is 0 Å². The van der Waals surface area contributed by atoms with E-state index in [0.29, 0.717) is 22.6 Å². The van der Waals surface area contributed by atoms with Gasteiger partial charge >= 0.3 is 5.97 Å². The van der Waals surface area contributed by atoms with Gasteiger partial charge in [0.15, 0.2) is 5.78 Å². The standard InChI is InChI=1S/C20H16O4/c1-13(21)14-3-4-16-12-17(6-5-15(16)11-14)20(22)24-19-9-7-18(23-2)8-10-19/h3-12H,1-2H3. The zero-order chi connectivity index (χ0) is 17.1. The van der Waals surface area contributed by atoms with Crippen molar-refractivity contribution in [2.24, 2.45) is 0 Å². The highest BCUT2D eigenvalue weighted by Crippen LogP contribution is 2.21. The fourth-order valence-electron chi connectivity index (χ4n) is 2.40. The third kappa shape index (κ3) is 3.27. The van der Waals surface area contributed by atoms with E-state index in [4.69, 9.17) is 9.47 Å². The molecule has 0 radical (unpaired) electrons. The summed E-state index contributed by atoms with van der Waals surface area (Å²) in [5.41, 5.74) is 1.10. The van der Waals surface area contributed by atoms with Gasteiger partial charge in [0.25, 0.3) is 0 Å². The van der Waals surface area contributed by atoms with Crippen molar-refractivity contribution in [3.05, 3.63) is 71.8 Å². The third-order valence-corrected chi connectivity index (χ3v) is 3.75. The average molecular weight is 320 g/mol. The molecule has 0 saturated carbocycles. The summed E-state index contributed by atoms with van der Waals surface area (Å²) in [5, 5.41) is 1.79. The Morgan fingerprint density at radius 1 is 0.750 bits per heavy atom. The SMILES string of the molecule is COc1ccc(OC(=O)c2ccc3cc(C(C)=O)ccc3c2)cc1. The smallest absolute Gasteiger partial charge is 0.343 e. The molecule has 0 aliphatic heterocycles. The Balaban J connectivity index is 1.83. The highest BCUT2D eigenvalue weighted by atomic mass is 16.5. The summed E-state index contributed by atoms with van der Waals surface area (Å²) in [6.07, 6.45) is 0. The lowest BCUT2D eigenvalue weighted by Gasteiger charge is -2.07. The maximum Gasteiger partial charge on any atom is 0.343 e. The van der Waals surface area contributed by atoms with E-state index in [-0.39, 0.29) is 5.78 Å². The zero-order valence-corrected chi connectivity index (χ0v) is 13.4. The van der Waals surface area contributed by atoms with Crippen LogP contribution in [0.25, 0.3) is 10.8 Å². The van der Waals surface area contributed by atoms with Gasteiger partial charge in [-0.1, -0.05) is 18.2 Å². The maximum absolute atomic E-state index is 12.3. The molecule has 0 atom stereocenters. The summed E-state index contributed by atoms with van der Waals surface area (Å²) in [6.45, 7) is 1.53. The van der Waals surface area contributed by atoms with Gasteiger partial charge < -0.3 is 9.47 Å². The molecule has 0 saturated heterocycles. The Bertz CT molecular complexity index is 911. The molecule has 4 heteroatoms. The average Bonchev–Trinajstić information content (AvgIpc) is 2.61. The lowest BCUT2D eigenvalue weighted by molar-refractivity contribution is 0.0734. The number of esters is 1. The Labute approximate surface area is 139 Å². The van der Waals surface area contributed by atoms with E-state index in [1.54, 1.807) is 49.6 Å². The molecule has 3 aromatic rings. The topological polar surface area (TPSA) is 52.6 Å². The Morgan fingerprint density at radius 2 is 1.29 bits per heavy atom. The molecule has 0 heterocycles. The molecule has 0 fully saturated rings. The van der Waals surface area contributed by atoms with Crippen LogP contribution in [-0.4, -0.2) is 18.9 Å². The second-order valence-corrected chi connectivity index (χ2v) is 5.40. The lowest BCUT2D eigenvalue weighted by Crippen LogP contribution is -2.08. The Hall–Kier alpha value is -3.14. The number of carbonyl (C=O) groups is 2. The van der Waals surface area contributed by atoms with Crippen molar-refractivity contribution in [1.29, 1.82) is 0 Å². The van der Waals surface area contributed by atoms with Gasteiger partial charge in [0.2, 0.25) is 0 Å². The monoisotopic (exact) mass is 320 g/mol. The third-order valence-electron chi connectivity index (χ3n) is 3.75. The van der Waals surface area contributed by atoms with Crippen molar-refractivity contribution < 1.29 is 19.1 Å². The summed E-state index contributed by atoms with van der Waals surface area (Å²) >= 11 is 0. The highest BCUT2D eigenvalue weighted by molar-refractivity contribution is 6.00. The largest absolute Gasteiger partial charge is 0.497 e. The first-order valence-corrected chi connectivity index (χ1v) is 7.48. The fraction of sp³-hybridized carbons (Fsp3) is 0.100. The number of Topliss-reactive ketones (excluding diaryl/α,β-unsaturated/α-hetero) is 1. The Kier molecular flexibility index (Phi) is 4.29. The van der Waals surface area contributed by atoms with E-state index in [1.807, 2.05) is 18.2 Å². The van der Waals surface area contributed by atoms with E-state index >= 15 is 0 Å². The van der Waals surface area contributed by atoms with Crippen LogP contribution in [0.1, 0.15) is 27.6 Å². The minimum atomic E-state index is -0.433. The van der Waals surface area contributed by atoms with Crippen LogP contribution < -0.4 is 9.47 Å². The lowest BCUT2D eigenvalue weighted by atomic mass is 10.0. The van der Waals surface area contributed by atoms with Gasteiger partial charge in [-0.15, -0.1) is 0 Å². The predicted octanol–water partition coefficient (Wildman–Crippen LogP) is 4.27. The number of hydrogen-bond donors (Lipinski definition) is 0. The first-order chi connectivity index (χ1) is 11.6. The van der Waals surface area contributed by atoms with Crippen LogP contribution in [0.2, 0.25) is 0 Å².